The normalized spacial score (nSPS) is 15.0. The topological polar surface area (TPSA) is 0 Å². The summed E-state index contributed by atoms with van der Waals surface area (Å²) < 4.78 is 0. The van der Waals surface area contributed by atoms with Crippen LogP contribution in [-0.2, 0) is 0 Å². The van der Waals surface area contributed by atoms with Crippen LogP contribution in [0.4, 0.5) is 0 Å². The van der Waals surface area contributed by atoms with E-state index in [2.05, 4.69) is 126 Å². The van der Waals surface area contributed by atoms with Crippen molar-refractivity contribution in [1.82, 2.24) is 0 Å². The minimum Gasteiger partial charge on any atom is -0.0739 e. The Hall–Kier alpha value is 2.76. The Bertz CT molecular complexity index is 398. The van der Waals surface area contributed by atoms with Crippen LogP contribution in [0.25, 0.3) is 0 Å². The maximum atomic E-state index is 3.37. The van der Waals surface area contributed by atoms with Gasteiger partial charge in [0.25, 0.3) is 0 Å². The van der Waals surface area contributed by atoms with Crippen molar-refractivity contribution >= 4 is 86.9 Å². The van der Waals surface area contributed by atoms with Crippen molar-refractivity contribution in [2.24, 2.45) is 0 Å². The fourth-order valence-corrected chi connectivity index (χ4v) is 273. The summed E-state index contributed by atoms with van der Waals surface area (Å²) in [6, 6.07) is 0. The molecule has 0 nitrogen and oxygen atoms in total. The summed E-state index contributed by atoms with van der Waals surface area (Å²) in [7, 11) is -6.61. The Morgan fingerprint density at radius 3 is 0.714 bits per heavy atom. The second-order valence-corrected chi connectivity index (χ2v) is 98.4. The third-order valence-corrected chi connectivity index (χ3v) is 159. The molecule has 0 bridgehead atoms. The molecule has 10 heteroatoms. The van der Waals surface area contributed by atoms with Gasteiger partial charge in [0.1, 0.15) is 0 Å². The average Bonchev–Trinajstić information content (AvgIpc) is 2.29. The molecule has 0 aromatic rings. The van der Waals surface area contributed by atoms with Gasteiger partial charge in [-0.25, -0.2) is 0 Å². The number of hydrogen-bond acceptors (Lipinski definition) is 0. The third kappa shape index (κ3) is 9.32. The summed E-state index contributed by atoms with van der Waals surface area (Å²) in [6.07, 6.45) is 0. The van der Waals surface area contributed by atoms with Crippen LogP contribution in [0.5, 0.6) is 0 Å². The van der Waals surface area contributed by atoms with E-state index in [-0.39, 0.29) is 14.7 Å². The van der Waals surface area contributed by atoms with Gasteiger partial charge in [0, 0.05) is 59.3 Å². The zero-order chi connectivity index (χ0) is 23.6. The summed E-state index contributed by atoms with van der Waals surface area (Å²) in [6.45, 7) is 46.8. The van der Waals surface area contributed by atoms with Gasteiger partial charge in [0.2, 0.25) is 0 Å². The molecule has 0 aliphatic rings. The number of hydrogen-bond donors (Lipinski definition) is 0. The van der Waals surface area contributed by atoms with Gasteiger partial charge < -0.3 is 0 Å². The molecule has 0 N–H and O–H groups in total. The average molecular weight is 647 g/mol. The van der Waals surface area contributed by atoms with E-state index < -0.39 is 44.6 Å². The van der Waals surface area contributed by atoms with Crippen LogP contribution in [0, 0.1) is 0 Å². The van der Waals surface area contributed by atoms with Crippen LogP contribution in [-0.4, -0.2) is 72.9 Å². The molecule has 168 valence electrons. The molecule has 0 saturated heterocycles. The summed E-state index contributed by atoms with van der Waals surface area (Å²) in [5, 5.41) is 1.36. The standard InChI is InChI=1S/C16H48Si8.C2H5BrGe/c1-19(2,3)17(20(4,5)6)23(13,14)24(15,16)18(21(7,8)9)22(10,11)12;1-2-4-3/h1-16H3;2H2,1H3. The maximum absolute atomic E-state index is 3.37. The minimum absolute atomic E-state index is 0.124. The van der Waals surface area contributed by atoms with Crippen LogP contribution in [0.2, 0.25) is 110 Å². The molecule has 0 fully saturated rings. The van der Waals surface area contributed by atoms with E-state index >= 15 is 0 Å². The second-order valence-electron chi connectivity index (χ2n) is 13.5. The fourth-order valence-electron chi connectivity index (χ4n) is 6.62. The van der Waals surface area contributed by atoms with Crippen LogP contribution >= 0.6 is 14.0 Å². The molecule has 0 aromatic heterocycles. The van der Waals surface area contributed by atoms with E-state index in [0.29, 0.717) is 13.6 Å². The first-order valence-electron chi connectivity index (χ1n) is 11.0. The fraction of sp³-hybridized carbons (Fsp3) is 1.00. The molecule has 28 heavy (non-hydrogen) atoms. The molecule has 0 aliphatic carbocycles. The third-order valence-electron chi connectivity index (χ3n) is 5.95. The summed E-state index contributed by atoms with van der Waals surface area (Å²) >= 11 is 3.70. The van der Waals surface area contributed by atoms with Gasteiger partial charge in [0.05, 0.1) is 0 Å². The second kappa shape index (κ2) is 11.3. The van der Waals surface area contributed by atoms with Gasteiger partial charge >= 0.3 is 39.8 Å². The van der Waals surface area contributed by atoms with E-state index in [1.165, 1.54) is 5.25 Å². The van der Waals surface area contributed by atoms with Gasteiger partial charge in [-0.05, 0) is 0 Å². The SMILES string of the molecule is C[CH2][Ge][Br].C[Si](C)(C)[Si]([Si](C)(C)C)[Si](C)(C)[Si](C)(C)[Si]([Si](C)(C)C)[Si](C)(C)C. The van der Waals surface area contributed by atoms with Crippen LogP contribution in [0.3, 0.4) is 0 Å². The summed E-state index contributed by atoms with van der Waals surface area (Å²) in [5.74, 6) is 0. The van der Waals surface area contributed by atoms with Gasteiger partial charge in [-0.15, -0.1) is 0 Å². The first kappa shape index (κ1) is 32.9. The molecule has 0 rings (SSSR count). The van der Waals surface area contributed by atoms with Crippen molar-refractivity contribution in [3.63, 3.8) is 0 Å². The van der Waals surface area contributed by atoms with Gasteiger partial charge in [-0.1, -0.05) is 105 Å². The largest absolute Gasteiger partial charge is 0.0739 e. The first-order valence-corrected chi connectivity index (χ1v) is 47.4. The molecule has 0 unspecified atom stereocenters. The van der Waals surface area contributed by atoms with Crippen molar-refractivity contribution in [3.8, 4) is 0 Å². The molecule has 0 saturated carbocycles. The predicted octanol–water partition coefficient (Wildman–Crippen LogP) is 7.73. The van der Waals surface area contributed by atoms with Crippen LogP contribution < -0.4 is 0 Å². The molecular formula is C18H53BrGeSi8. The molecular weight excluding hydrogens is 593 g/mol. The Balaban J connectivity index is 0. The number of rotatable bonds is 8. The molecule has 0 aromatic carbocycles. The predicted molar refractivity (Wildman–Crippen MR) is 165 cm³/mol. The Morgan fingerprint density at radius 2 is 0.643 bits per heavy atom. The molecule has 0 amide bonds. The molecule has 0 aliphatic heterocycles. The molecule has 0 atom stereocenters. The van der Waals surface area contributed by atoms with Gasteiger partial charge in [0.15, 0.2) is 0 Å². The molecule has 4 radical (unpaired) electrons. The Morgan fingerprint density at radius 1 is 0.500 bits per heavy atom. The van der Waals surface area contributed by atoms with Crippen molar-refractivity contribution in [2.75, 3.05) is 0 Å². The van der Waals surface area contributed by atoms with Crippen molar-refractivity contribution in [3.05, 3.63) is 0 Å². The molecule has 0 heterocycles. The maximum Gasteiger partial charge on any atom is 0.0303 e. The number of halogens is 1. The monoisotopic (exact) mass is 646 g/mol. The smallest absolute Gasteiger partial charge is 0.0303 e. The van der Waals surface area contributed by atoms with Crippen LogP contribution in [0.15, 0.2) is 0 Å². The quantitative estimate of drug-likeness (QED) is 0.237. The van der Waals surface area contributed by atoms with Gasteiger partial charge in [-0.2, -0.15) is 0 Å². The van der Waals surface area contributed by atoms with Crippen molar-refractivity contribution in [1.29, 1.82) is 0 Å². The van der Waals surface area contributed by atoms with E-state index in [0.717, 1.165) is 0 Å². The van der Waals surface area contributed by atoms with Crippen molar-refractivity contribution < 1.29 is 0 Å². The van der Waals surface area contributed by atoms with E-state index in [1.807, 2.05) is 0 Å². The van der Waals surface area contributed by atoms with E-state index in [4.69, 9.17) is 0 Å². The van der Waals surface area contributed by atoms with Crippen LogP contribution in [0.1, 0.15) is 6.92 Å². The Labute approximate surface area is 202 Å². The Kier molecular flexibility index (Phi) is 13.2. The summed E-state index contributed by atoms with van der Waals surface area (Å²) in [4.78, 5) is 0. The first-order chi connectivity index (χ1) is 11.9. The summed E-state index contributed by atoms with van der Waals surface area (Å²) in [5.41, 5.74) is 0. The molecule has 0 spiro atoms. The van der Waals surface area contributed by atoms with Crippen molar-refractivity contribution in [2.45, 2.75) is 117 Å². The van der Waals surface area contributed by atoms with Gasteiger partial charge in [-0.3, -0.25) is 0 Å². The minimum atomic E-state index is -1.13. The zero-order valence-electron chi connectivity index (χ0n) is 22.6. The van der Waals surface area contributed by atoms with E-state index in [9.17, 15) is 0 Å². The van der Waals surface area contributed by atoms with E-state index in [1.54, 1.807) is 0 Å². The zero-order valence-corrected chi connectivity index (χ0v) is 34.3.